The molecule has 0 saturated carbocycles. The summed E-state index contributed by atoms with van der Waals surface area (Å²) in [5, 5.41) is 0. The number of aromatic amines is 1. The maximum Gasteiger partial charge on any atom is 0.416 e. The van der Waals surface area contributed by atoms with E-state index in [0.717, 1.165) is 17.6 Å². The number of nitrogens with zero attached hydrogens (tertiary/aromatic N) is 2. The first-order valence-electron chi connectivity index (χ1n) is 7.67. The summed E-state index contributed by atoms with van der Waals surface area (Å²) in [4.78, 5) is 22.4. The van der Waals surface area contributed by atoms with E-state index >= 15 is 0 Å². The van der Waals surface area contributed by atoms with E-state index in [-0.39, 0.29) is 11.6 Å². The van der Waals surface area contributed by atoms with Crippen LogP contribution in [-0.4, -0.2) is 21.9 Å². The Labute approximate surface area is 156 Å². The highest BCUT2D eigenvalue weighted by Gasteiger charge is 2.31. The number of fused-ring (bicyclic) bond motifs is 1. The minimum Gasteiger partial charge on any atom is -0.336 e. The van der Waals surface area contributed by atoms with Gasteiger partial charge < -0.3 is 4.98 Å². The molecule has 3 rings (SSSR count). The van der Waals surface area contributed by atoms with Gasteiger partial charge in [0, 0.05) is 11.6 Å². The highest BCUT2D eigenvalue weighted by molar-refractivity contribution is 7.73. The minimum absolute atomic E-state index is 0.162. The second-order valence-electron chi connectivity index (χ2n) is 5.88. The van der Waals surface area contributed by atoms with Crippen LogP contribution in [0.4, 0.5) is 19.0 Å². The summed E-state index contributed by atoms with van der Waals surface area (Å²) in [6.07, 6.45) is -4.44. The largest absolute Gasteiger partial charge is 0.416 e. The molecule has 4 nitrogen and oxygen atoms in total. The Balaban J connectivity index is 1.98. The van der Waals surface area contributed by atoms with Crippen LogP contribution in [0.1, 0.15) is 29.8 Å². The minimum atomic E-state index is -4.44. The molecule has 0 aliphatic carbocycles. The lowest BCUT2D eigenvalue weighted by atomic mass is 10.1. The Bertz CT molecular complexity index is 1010. The molecular formula is C17H14F3N3OS2. The summed E-state index contributed by atoms with van der Waals surface area (Å²) in [6, 6.07) is 7.39. The van der Waals surface area contributed by atoms with E-state index < -0.39 is 17.6 Å². The number of nitrogens with one attached hydrogen (secondary N) is 1. The highest BCUT2D eigenvalue weighted by atomic mass is 32.1. The standard InChI is InChI=1S/C17H14F3N3OS2/c1-9(2)23(13-8-7-12-14(22-13)26-16(25)21-12)15(24)10-3-5-11(6-4-10)17(18,19)20/h3-9H,1-2H3,(H,21,25). The summed E-state index contributed by atoms with van der Waals surface area (Å²) in [5.74, 6) is 0.00218. The fourth-order valence-electron chi connectivity index (χ4n) is 2.51. The van der Waals surface area contributed by atoms with E-state index in [1.165, 1.54) is 28.4 Å². The van der Waals surface area contributed by atoms with E-state index in [0.29, 0.717) is 14.6 Å². The summed E-state index contributed by atoms with van der Waals surface area (Å²) in [6.45, 7) is 3.62. The lowest BCUT2D eigenvalue weighted by Gasteiger charge is -2.26. The number of benzene rings is 1. The normalized spacial score (nSPS) is 11.9. The fraction of sp³-hybridized carbons (Fsp3) is 0.235. The molecule has 0 aliphatic rings. The third-order valence-corrected chi connectivity index (χ3v) is 4.86. The van der Waals surface area contributed by atoms with Gasteiger partial charge in [0.25, 0.3) is 5.91 Å². The quantitative estimate of drug-likeness (QED) is 0.600. The Kier molecular flexibility index (Phi) is 4.85. The van der Waals surface area contributed by atoms with Crippen LogP contribution in [0.15, 0.2) is 36.4 Å². The number of halogens is 3. The first-order valence-corrected chi connectivity index (χ1v) is 8.90. The zero-order valence-corrected chi connectivity index (χ0v) is 15.4. The van der Waals surface area contributed by atoms with E-state index in [4.69, 9.17) is 12.2 Å². The number of carbonyl (C=O) groups is 1. The van der Waals surface area contributed by atoms with Crippen molar-refractivity contribution in [3.05, 3.63) is 51.5 Å². The molecule has 1 amide bonds. The number of anilines is 1. The number of hydrogen-bond acceptors (Lipinski definition) is 4. The number of alkyl halides is 3. The van der Waals surface area contributed by atoms with Gasteiger partial charge in [-0.1, -0.05) is 11.3 Å². The smallest absolute Gasteiger partial charge is 0.336 e. The van der Waals surface area contributed by atoms with Gasteiger partial charge in [-0.15, -0.1) is 0 Å². The second kappa shape index (κ2) is 6.81. The van der Waals surface area contributed by atoms with Crippen LogP contribution in [0, 0.1) is 3.95 Å². The number of aromatic nitrogens is 2. The molecule has 0 unspecified atom stereocenters. The van der Waals surface area contributed by atoms with Gasteiger partial charge in [-0.05, 0) is 62.5 Å². The molecule has 0 aliphatic heterocycles. The van der Waals surface area contributed by atoms with E-state index in [1.54, 1.807) is 12.1 Å². The van der Waals surface area contributed by atoms with Gasteiger partial charge in [-0.3, -0.25) is 9.69 Å². The molecule has 0 fully saturated rings. The molecule has 2 aromatic heterocycles. The van der Waals surface area contributed by atoms with E-state index in [9.17, 15) is 18.0 Å². The van der Waals surface area contributed by atoms with Crippen molar-refractivity contribution in [2.45, 2.75) is 26.1 Å². The third-order valence-electron chi connectivity index (χ3n) is 3.71. The molecular weight excluding hydrogens is 383 g/mol. The Morgan fingerprint density at radius 2 is 1.85 bits per heavy atom. The van der Waals surface area contributed by atoms with Crippen molar-refractivity contribution in [3.8, 4) is 0 Å². The maximum absolute atomic E-state index is 12.9. The zero-order chi connectivity index (χ0) is 19.1. The number of rotatable bonds is 3. The second-order valence-corrected chi connectivity index (χ2v) is 7.55. The molecule has 1 N–H and O–H groups in total. The average molecular weight is 397 g/mol. The zero-order valence-electron chi connectivity index (χ0n) is 13.8. The van der Waals surface area contributed by atoms with E-state index in [1.807, 2.05) is 13.8 Å². The molecule has 0 saturated heterocycles. The monoisotopic (exact) mass is 397 g/mol. The molecule has 0 atom stereocenters. The number of pyridine rings is 1. The SMILES string of the molecule is CC(C)N(C(=O)c1ccc(C(F)(F)F)cc1)c1ccc2[nH]c(=S)sc2n1. The number of thiazole rings is 1. The molecule has 0 bridgehead atoms. The first kappa shape index (κ1) is 18.5. The lowest BCUT2D eigenvalue weighted by Crippen LogP contribution is -2.37. The Morgan fingerprint density at radius 3 is 2.42 bits per heavy atom. The molecule has 2 heterocycles. The number of amides is 1. The van der Waals surface area contributed by atoms with Crippen molar-refractivity contribution in [3.63, 3.8) is 0 Å². The van der Waals surface area contributed by atoms with Crippen molar-refractivity contribution in [1.82, 2.24) is 9.97 Å². The van der Waals surface area contributed by atoms with Crippen LogP contribution in [0.3, 0.4) is 0 Å². The van der Waals surface area contributed by atoms with Crippen LogP contribution in [0.2, 0.25) is 0 Å². The van der Waals surface area contributed by atoms with Gasteiger partial charge in [0.1, 0.15) is 10.6 Å². The molecule has 136 valence electrons. The number of hydrogen-bond donors (Lipinski definition) is 1. The van der Waals surface area contributed by atoms with Crippen molar-refractivity contribution in [2.24, 2.45) is 0 Å². The number of carbonyl (C=O) groups excluding carboxylic acids is 1. The predicted molar refractivity (Wildman–Crippen MR) is 98.2 cm³/mol. The van der Waals surface area contributed by atoms with Crippen molar-refractivity contribution < 1.29 is 18.0 Å². The van der Waals surface area contributed by atoms with Gasteiger partial charge in [0.05, 0.1) is 11.1 Å². The van der Waals surface area contributed by atoms with Gasteiger partial charge >= 0.3 is 6.18 Å². The average Bonchev–Trinajstić information content (AvgIpc) is 2.93. The van der Waals surface area contributed by atoms with Crippen LogP contribution in [-0.2, 0) is 6.18 Å². The van der Waals surface area contributed by atoms with Crippen molar-refractivity contribution in [1.29, 1.82) is 0 Å². The van der Waals surface area contributed by atoms with Crippen LogP contribution in [0.25, 0.3) is 10.3 Å². The summed E-state index contributed by atoms with van der Waals surface area (Å²) >= 11 is 6.39. The Hall–Kier alpha value is -2.26. The summed E-state index contributed by atoms with van der Waals surface area (Å²) in [7, 11) is 0. The summed E-state index contributed by atoms with van der Waals surface area (Å²) in [5.41, 5.74) is 0.140. The van der Waals surface area contributed by atoms with Crippen LogP contribution >= 0.6 is 23.6 Å². The Morgan fingerprint density at radius 1 is 1.19 bits per heavy atom. The van der Waals surface area contributed by atoms with E-state index in [2.05, 4.69) is 9.97 Å². The van der Waals surface area contributed by atoms with Crippen molar-refractivity contribution >= 4 is 45.6 Å². The van der Waals surface area contributed by atoms with Gasteiger partial charge in [0.15, 0.2) is 3.95 Å². The van der Waals surface area contributed by atoms with Gasteiger partial charge in [-0.2, -0.15) is 13.2 Å². The molecule has 26 heavy (non-hydrogen) atoms. The fourth-order valence-corrected chi connectivity index (χ4v) is 3.56. The van der Waals surface area contributed by atoms with Crippen LogP contribution in [0.5, 0.6) is 0 Å². The van der Waals surface area contributed by atoms with Crippen LogP contribution < -0.4 is 4.90 Å². The number of H-pyrrole nitrogens is 1. The van der Waals surface area contributed by atoms with Gasteiger partial charge in [0.2, 0.25) is 0 Å². The molecule has 9 heteroatoms. The maximum atomic E-state index is 12.9. The summed E-state index contributed by atoms with van der Waals surface area (Å²) < 4.78 is 38.7. The molecule has 0 radical (unpaired) electrons. The lowest BCUT2D eigenvalue weighted by molar-refractivity contribution is -0.137. The molecule has 1 aromatic carbocycles. The van der Waals surface area contributed by atoms with Crippen molar-refractivity contribution in [2.75, 3.05) is 4.90 Å². The molecule has 0 spiro atoms. The molecule has 3 aromatic rings. The predicted octanol–water partition coefficient (Wildman–Crippen LogP) is 5.43. The first-order chi connectivity index (χ1) is 12.2. The third kappa shape index (κ3) is 3.63. The highest BCUT2D eigenvalue weighted by Crippen LogP contribution is 2.30. The van der Waals surface area contributed by atoms with Gasteiger partial charge in [-0.25, -0.2) is 4.98 Å². The topological polar surface area (TPSA) is 49.0 Å².